The molecule has 1 aromatic carbocycles. The van der Waals surface area contributed by atoms with E-state index in [2.05, 4.69) is 4.98 Å². The van der Waals surface area contributed by atoms with E-state index >= 15 is 0 Å². The minimum atomic E-state index is -0.201. The number of rotatable bonds is 3. The predicted octanol–water partition coefficient (Wildman–Crippen LogP) is 3.44. The maximum Gasteiger partial charge on any atom is 0.316 e. The Morgan fingerprint density at radius 1 is 1.21 bits per heavy atom. The van der Waals surface area contributed by atoms with E-state index in [1.165, 1.54) is 6.20 Å². The summed E-state index contributed by atoms with van der Waals surface area (Å²) in [6.45, 7) is 0. The highest BCUT2D eigenvalue weighted by Gasteiger charge is 2.25. The molecule has 0 atom stereocenters. The van der Waals surface area contributed by atoms with Gasteiger partial charge in [-0.2, -0.15) is 0 Å². The summed E-state index contributed by atoms with van der Waals surface area (Å²) in [4.78, 5) is 16.0. The lowest BCUT2D eigenvalue weighted by atomic mass is 10.1. The lowest BCUT2D eigenvalue weighted by Crippen LogP contribution is -2.17. The molecule has 2 aromatic rings. The molecule has 0 aliphatic heterocycles. The van der Waals surface area contributed by atoms with Crippen molar-refractivity contribution in [1.82, 2.24) is 4.98 Å². The van der Waals surface area contributed by atoms with Crippen molar-refractivity contribution in [3.8, 4) is 17.4 Å². The lowest BCUT2D eigenvalue weighted by Gasteiger charge is -2.05. The van der Waals surface area contributed by atoms with Gasteiger partial charge in [-0.15, -0.1) is 0 Å². The van der Waals surface area contributed by atoms with Crippen LogP contribution in [0.3, 0.4) is 0 Å². The zero-order chi connectivity index (χ0) is 13.1. The fourth-order valence-electron chi connectivity index (χ4n) is 2.36. The van der Waals surface area contributed by atoms with E-state index < -0.39 is 0 Å². The summed E-state index contributed by atoms with van der Waals surface area (Å²) in [7, 11) is 0. The quantitative estimate of drug-likeness (QED) is 0.790. The molecule has 1 aliphatic rings. The number of hydrogen-bond acceptors (Lipinski definition) is 4. The largest absolute Gasteiger partial charge is 0.405 e. The highest BCUT2D eigenvalue weighted by atomic mass is 16.6. The molecule has 0 spiro atoms. The Labute approximate surface area is 111 Å². The van der Waals surface area contributed by atoms with Gasteiger partial charge in [0.15, 0.2) is 0 Å². The Hall–Kier alpha value is -2.10. The van der Waals surface area contributed by atoms with E-state index in [1.807, 2.05) is 30.3 Å². The highest BCUT2D eigenvalue weighted by Crippen LogP contribution is 2.28. The van der Waals surface area contributed by atoms with Gasteiger partial charge in [0.25, 0.3) is 0 Å². The second kappa shape index (κ2) is 5.26. The van der Waals surface area contributed by atoms with Crippen LogP contribution in [-0.2, 0) is 4.79 Å². The molecule has 0 saturated heterocycles. The standard InChI is InChI=1S/C15H15NO3/c17-15(12-8-4-5-9-12)19-13-10-16-14(18-13)11-6-2-1-3-7-11/h1-3,6-7,10,12H,4-5,8-9H2. The van der Waals surface area contributed by atoms with Gasteiger partial charge in [0.2, 0.25) is 5.89 Å². The van der Waals surface area contributed by atoms with Crippen molar-refractivity contribution in [3.05, 3.63) is 36.5 Å². The number of esters is 1. The van der Waals surface area contributed by atoms with Gasteiger partial charge in [0, 0.05) is 5.56 Å². The van der Waals surface area contributed by atoms with E-state index in [4.69, 9.17) is 9.15 Å². The number of carbonyl (C=O) groups excluding carboxylic acids is 1. The Kier molecular flexibility index (Phi) is 3.31. The highest BCUT2D eigenvalue weighted by molar-refractivity contribution is 5.74. The van der Waals surface area contributed by atoms with Crippen molar-refractivity contribution in [1.29, 1.82) is 0 Å². The van der Waals surface area contributed by atoms with Crippen LogP contribution in [0, 0.1) is 5.92 Å². The van der Waals surface area contributed by atoms with Gasteiger partial charge in [-0.25, -0.2) is 4.98 Å². The van der Waals surface area contributed by atoms with Gasteiger partial charge in [-0.3, -0.25) is 4.79 Å². The molecular weight excluding hydrogens is 242 g/mol. The van der Waals surface area contributed by atoms with E-state index in [-0.39, 0.29) is 17.8 Å². The Bertz CT molecular complexity index is 556. The molecule has 0 radical (unpaired) electrons. The number of nitrogens with zero attached hydrogens (tertiary/aromatic N) is 1. The van der Waals surface area contributed by atoms with Crippen LogP contribution in [0.25, 0.3) is 11.5 Å². The zero-order valence-corrected chi connectivity index (χ0v) is 10.5. The SMILES string of the molecule is O=C(Oc1cnc(-c2ccccc2)o1)C1CCCC1. The number of ether oxygens (including phenoxy) is 1. The van der Waals surface area contributed by atoms with Crippen molar-refractivity contribution in [2.24, 2.45) is 5.92 Å². The smallest absolute Gasteiger partial charge is 0.316 e. The van der Waals surface area contributed by atoms with Gasteiger partial charge in [0.05, 0.1) is 5.92 Å². The zero-order valence-electron chi connectivity index (χ0n) is 10.5. The molecule has 3 rings (SSSR count). The fourth-order valence-corrected chi connectivity index (χ4v) is 2.36. The first kappa shape index (κ1) is 12.0. The molecule has 1 fully saturated rings. The van der Waals surface area contributed by atoms with Crippen LogP contribution in [0.15, 0.2) is 40.9 Å². The monoisotopic (exact) mass is 257 g/mol. The van der Waals surface area contributed by atoms with Gasteiger partial charge < -0.3 is 9.15 Å². The second-order valence-corrected chi connectivity index (χ2v) is 4.75. The molecule has 98 valence electrons. The molecule has 19 heavy (non-hydrogen) atoms. The second-order valence-electron chi connectivity index (χ2n) is 4.75. The van der Waals surface area contributed by atoms with Crippen LogP contribution in [0.5, 0.6) is 5.95 Å². The van der Waals surface area contributed by atoms with E-state index in [9.17, 15) is 4.79 Å². The number of carbonyl (C=O) groups is 1. The van der Waals surface area contributed by atoms with Gasteiger partial charge in [-0.05, 0) is 25.0 Å². The third-order valence-corrected chi connectivity index (χ3v) is 3.39. The maximum absolute atomic E-state index is 11.9. The summed E-state index contributed by atoms with van der Waals surface area (Å²) < 4.78 is 10.7. The fraction of sp³-hybridized carbons (Fsp3) is 0.333. The predicted molar refractivity (Wildman–Crippen MR) is 69.5 cm³/mol. The van der Waals surface area contributed by atoms with E-state index in [0.29, 0.717) is 5.89 Å². The average Bonchev–Trinajstić information content (AvgIpc) is 3.11. The van der Waals surface area contributed by atoms with Gasteiger partial charge in [-0.1, -0.05) is 31.0 Å². The topological polar surface area (TPSA) is 52.3 Å². The number of aromatic nitrogens is 1. The summed E-state index contributed by atoms with van der Waals surface area (Å²) in [5.41, 5.74) is 0.866. The van der Waals surface area contributed by atoms with E-state index in [1.54, 1.807) is 0 Å². The minimum absolute atomic E-state index is 0.0188. The van der Waals surface area contributed by atoms with E-state index in [0.717, 1.165) is 31.2 Å². The molecule has 4 heteroatoms. The summed E-state index contributed by atoms with van der Waals surface area (Å²) in [5.74, 6) is 0.462. The van der Waals surface area contributed by atoms with Crippen LogP contribution >= 0.6 is 0 Å². The summed E-state index contributed by atoms with van der Waals surface area (Å²) >= 11 is 0. The Morgan fingerprint density at radius 3 is 2.68 bits per heavy atom. The molecule has 1 aromatic heterocycles. The Balaban J connectivity index is 1.70. The van der Waals surface area contributed by atoms with Crippen LogP contribution < -0.4 is 4.74 Å². The molecule has 4 nitrogen and oxygen atoms in total. The summed E-state index contributed by atoms with van der Waals surface area (Å²) in [5, 5.41) is 0. The molecule has 1 aliphatic carbocycles. The first-order valence-electron chi connectivity index (χ1n) is 6.56. The van der Waals surface area contributed by atoms with Crippen molar-refractivity contribution in [2.75, 3.05) is 0 Å². The van der Waals surface area contributed by atoms with Crippen LogP contribution in [0.1, 0.15) is 25.7 Å². The number of benzene rings is 1. The summed E-state index contributed by atoms with van der Waals surface area (Å²) in [6, 6.07) is 9.53. The summed E-state index contributed by atoms with van der Waals surface area (Å²) in [6.07, 6.45) is 5.49. The molecule has 0 bridgehead atoms. The third-order valence-electron chi connectivity index (χ3n) is 3.39. The molecule has 0 N–H and O–H groups in total. The van der Waals surface area contributed by atoms with Crippen LogP contribution in [0.4, 0.5) is 0 Å². The minimum Gasteiger partial charge on any atom is -0.405 e. The first-order chi connectivity index (χ1) is 9.33. The molecule has 0 amide bonds. The number of oxazole rings is 1. The van der Waals surface area contributed by atoms with Gasteiger partial charge >= 0.3 is 11.9 Å². The van der Waals surface area contributed by atoms with Crippen molar-refractivity contribution in [2.45, 2.75) is 25.7 Å². The van der Waals surface area contributed by atoms with Crippen LogP contribution in [-0.4, -0.2) is 11.0 Å². The molecular formula is C15H15NO3. The number of hydrogen-bond donors (Lipinski definition) is 0. The first-order valence-corrected chi connectivity index (χ1v) is 6.56. The average molecular weight is 257 g/mol. The molecule has 0 unspecified atom stereocenters. The van der Waals surface area contributed by atoms with Gasteiger partial charge in [0.1, 0.15) is 6.20 Å². The Morgan fingerprint density at radius 2 is 1.95 bits per heavy atom. The van der Waals surface area contributed by atoms with Crippen molar-refractivity contribution in [3.63, 3.8) is 0 Å². The maximum atomic E-state index is 11.9. The molecule has 1 saturated carbocycles. The van der Waals surface area contributed by atoms with Crippen molar-refractivity contribution >= 4 is 5.97 Å². The van der Waals surface area contributed by atoms with Crippen LogP contribution in [0.2, 0.25) is 0 Å². The molecule has 1 heterocycles. The normalized spacial score (nSPS) is 15.6. The van der Waals surface area contributed by atoms with Crippen molar-refractivity contribution < 1.29 is 13.9 Å². The lowest BCUT2D eigenvalue weighted by molar-refractivity contribution is -0.139. The third kappa shape index (κ3) is 2.67.